The van der Waals surface area contributed by atoms with Crippen LogP contribution in [0.25, 0.3) is 0 Å². The molecule has 0 N–H and O–H groups in total. The molecule has 0 aliphatic carbocycles. The molecular formula is C14H28N2. The van der Waals surface area contributed by atoms with Crippen molar-refractivity contribution in [3.63, 3.8) is 0 Å². The first kappa shape index (κ1) is 12.4. The average molecular weight is 224 g/mol. The smallest absolute Gasteiger partial charge is 0.0223 e. The fourth-order valence-corrected chi connectivity index (χ4v) is 3.15. The van der Waals surface area contributed by atoms with Gasteiger partial charge in [-0.1, -0.05) is 20.3 Å². The summed E-state index contributed by atoms with van der Waals surface area (Å²) >= 11 is 0. The molecule has 0 bridgehead atoms. The van der Waals surface area contributed by atoms with Crippen molar-refractivity contribution in [1.82, 2.24) is 9.80 Å². The second kappa shape index (κ2) is 5.50. The molecule has 0 aromatic rings. The Kier molecular flexibility index (Phi) is 4.26. The number of piperazine rings is 1. The van der Waals surface area contributed by atoms with E-state index in [0.29, 0.717) is 0 Å². The van der Waals surface area contributed by atoms with Gasteiger partial charge in [0.25, 0.3) is 0 Å². The lowest BCUT2D eigenvalue weighted by Gasteiger charge is -2.47. The maximum Gasteiger partial charge on any atom is 0.0223 e. The van der Waals surface area contributed by atoms with Gasteiger partial charge < -0.3 is 0 Å². The molecule has 2 aliphatic heterocycles. The van der Waals surface area contributed by atoms with E-state index >= 15 is 0 Å². The summed E-state index contributed by atoms with van der Waals surface area (Å²) in [6.07, 6.45) is 5.67. The van der Waals surface area contributed by atoms with Gasteiger partial charge >= 0.3 is 0 Å². The van der Waals surface area contributed by atoms with Crippen molar-refractivity contribution in [1.29, 1.82) is 0 Å². The van der Waals surface area contributed by atoms with Crippen molar-refractivity contribution in [3.05, 3.63) is 0 Å². The molecule has 16 heavy (non-hydrogen) atoms. The van der Waals surface area contributed by atoms with E-state index in [1.807, 2.05) is 0 Å². The van der Waals surface area contributed by atoms with Crippen LogP contribution in [0.4, 0.5) is 0 Å². The first-order chi connectivity index (χ1) is 7.66. The fourth-order valence-electron chi connectivity index (χ4n) is 3.15. The lowest BCUT2D eigenvalue weighted by molar-refractivity contribution is 0.0134. The van der Waals surface area contributed by atoms with Crippen LogP contribution in [0.5, 0.6) is 0 Å². The molecule has 0 amide bonds. The third kappa shape index (κ3) is 2.98. The van der Waals surface area contributed by atoms with Crippen LogP contribution in [0.15, 0.2) is 0 Å². The summed E-state index contributed by atoms with van der Waals surface area (Å²) in [5, 5.41) is 0. The normalized spacial score (nSPS) is 33.0. The number of rotatable bonds is 3. The SMILES string of the molecule is CC(C)CCN1CC2CCCCN2CC1C. The lowest BCUT2D eigenvalue weighted by atomic mass is 9.96. The Morgan fingerprint density at radius 1 is 1.19 bits per heavy atom. The second-order valence-corrected chi connectivity index (χ2v) is 6.17. The van der Waals surface area contributed by atoms with E-state index in [4.69, 9.17) is 0 Å². The summed E-state index contributed by atoms with van der Waals surface area (Å²) in [4.78, 5) is 5.46. The Hall–Kier alpha value is -0.0800. The van der Waals surface area contributed by atoms with Gasteiger partial charge in [-0.3, -0.25) is 9.80 Å². The minimum absolute atomic E-state index is 0.771. The van der Waals surface area contributed by atoms with Crippen LogP contribution in [-0.4, -0.2) is 48.1 Å². The summed E-state index contributed by atoms with van der Waals surface area (Å²) in [6.45, 7) is 12.4. The van der Waals surface area contributed by atoms with Gasteiger partial charge in [-0.25, -0.2) is 0 Å². The molecule has 2 heteroatoms. The lowest BCUT2D eigenvalue weighted by Crippen LogP contribution is -2.58. The molecular weight excluding hydrogens is 196 g/mol. The van der Waals surface area contributed by atoms with Crippen LogP contribution in [0.2, 0.25) is 0 Å². The van der Waals surface area contributed by atoms with Gasteiger partial charge in [0.1, 0.15) is 0 Å². The molecule has 2 aliphatic rings. The van der Waals surface area contributed by atoms with Gasteiger partial charge in [0.05, 0.1) is 0 Å². The van der Waals surface area contributed by atoms with E-state index in [9.17, 15) is 0 Å². The third-order valence-corrected chi connectivity index (χ3v) is 4.31. The summed E-state index contributed by atoms with van der Waals surface area (Å²) in [6, 6.07) is 1.64. The standard InChI is InChI=1S/C14H28N2/c1-12(2)7-9-15-11-14-6-4-5-8-16(14)10-13(15)3/h12-14H,4-11H2,1-3H3. The molecule has 2 nitrogen and oxygen atoms in total. The largest absolute Gasteiger partial charge is 0.298 e. The Bertz CT molecular complexity index is 215. The molecule has 0 radical (unpaired) electrons. The van der Waals surface area contributed by atoms with Crippen molar-refractivity contribution in [2.24, 2.45) is 5.92 Å². The Morgan fingerprint density at radius 2 is 2.00 bits per heavy atom. The fraction of sp³-hybridized carbons (Fsp3) is 1.00. The summed E-state index contributed by atoms with van der Waals surface area (Å²) < 4.78 is 0. The summed E-state index contributed by atoms with van der Waals surface area (Å²) in [5.41, 5.74) is 0. The predicted octanol–water partition coefficient (Wildman–Crippen LogP) is 2.59. The molecule has 0 saturated carbocycles. The predicted molar refractivity (Wildman–Crippen MR) is 69.7 cm³/mol. The molecule has 2 rings (SSSR count). The maximum absolute atomic E-state index is 2.74. The highest BCUT2D eigenvalue weighted by molar-refractivity contribution is 4.88. The van der Waals surface area contributed by atoms with Gasteiger partial charge in [0.15, 0.2) is 0 Å². The monoisotopic (exact) mass is 224 g/mol. The van der Waals surface area contributed by atoms with Crippen molar-refractivity contribution >= 4 is 0 Å². The molecule has 2 unspecified atom stereocenters. The highest BCUT2D eigenvalue weighted by Gasteiger charge is 2.32. The molecule has 0 aromatic carbocycles. The van der Waals surface area contributed by atoms with E-state index in [1.165, 1.54) is 51.9 Å². The Balaban J connectivity index is 1.85. The average Bonchev–Trinajstić information content (AvgIpc) is 2.26. The van der Waals surface area contributed by atoms with Gasteiger partial charge in [-0.15, -0.1) is 0 Å². The van der Waals surface area contributed by atoms with Crippen molar-refractivity contribution in [3.8, 4) is 0 Å². The Morgan fingerprint density at radius 3 is 2.75 bits per heavy atom. The van der Waals surface area contributed by atoms with Crippen LogP contribution in [0.1, 0.15) is 46.5 Å². The molecule has 2 fully saturated rings. The maximum atomic E-state index is 2.74. The topological polar surface area (TPSA) is 6.48 Å². The van der Waals surface area contributed by atoms with Crippen LogP contribution in [0, 0.1) is 5.92 Å². The van der Waals surface area contributed by atoms with E-state index < -0.39 is 0 Å². The van der Waals surface area contributed by atoms with Crippen LogP contribution in [0.3, 0.4) is 0 Å². The van der Waals surface area contributed by atoms with Gasteiger partial charge in [-0.05, 0) is 45.2 Å². The minimum atomic E-state index is 0.771. The molecule has 94 valence electrons. The van der Waals surface area contributed by atoms with E-state index in [-0.39, 0.29) is 0 Å². The molecule has 2 saturated heterocycles. The first-order valence-electron chi connectivity index (χ1n) is 7.15. The van der Waals surface area contributed by atoms with E-state index in [0.717, 1.165) is 18.0 Å². The third-order valence-electron chi connectivity index (χ3n) is 4.31. The van der Waals surface area contributed by atoms with Crippen LogP contribution in [-0.2, 0) is 0 Å². The zero-order chi connectivity index (χ0) is 11.5. The molecule has 2 atom stereocenters. The van der Waals surface area contributed by atoms with Crippen molar-refractivity contribution in [2.45, 2.75) is 58.5 Å². The van der Waals surface area contributed by atoms with Gasteiger partial charge in [0.2, 0.25) is 0 Å². The Labute approximate surface area is 101 Å². The highest BCUT2D eigenvalue weighted by atomic mass is 15.3. The second-order valence-electron chi connectivity index (χ2n) is 6.17. The highest BCUT2D eigenvalue weighted by Crippen LogP contribution is 2.24. The van der Waals surface area contributed by atoms with Gasteiger partial charge in [-0.2, -0.15) is 0 Å². The molecule has 0 spiro atoms. The number of nitrogens with zero attached hydrogens (tertiary/aromatic N) is 2. The first-order valence-corrected chi connectivity index (χ1v) is 7.15. The van der Waals surface area contributed by atoms with E-state index in [2.05, 4.69) is 30.6 Å². The number of hydrogen-bond acceptors (Lipinski definition) is 2. The molecule has 2 heterocycles. The van der Waals surface area contributed by atoms with Crippen molar-refractivity contribution < 1.29 is 0 Å². The van der Waals surface area contributed by atoms with Gasteiger partial charge in [0, 0.05) is 25.2 Å². The molecule has 0 aromatic heterocycles. The number of piperidine rings is 1. The summed E-state index contributed by atoms with van der Waals surface area (Å²) in [7, 11) is 0. The minimum Gasteiger partial charge on any atom is -0.298 e. The summed E-state index contributed by atoms with van der Waals surface area (Å²) in [5.74, 6) is 0.844. The number of hydrogen-bond donors (Lipinski definition) is 0. The van der Waals surface area contributed by atoms with Crippen LogP contribution >= 0.6 is 0 Å². The zero-order valence-electron chi connectivity index (χ0n) is 11.3. The number of fused-ring (bicyclic) bond motifs is 1. The zero-order valence-corrected chi connectivity index (χ0v) is 11.3. The van der Waals surface area contributed by atoms with Crippen LogP contribution < -0.4 is 0 Å². The van der Waals surface area contributed by atoms with E-state index in [1.54, 1.807) is 0 Å². The van der Waals surface area contributed by atoms with Crippen molar-refractivity contribution in [2.75, 3.05) is 26.2 Å². The quantitative estimate of drug-likeness (QED) is 0.727.